The Bertz CT molecular complexity index is 4580. The highest BCUT2D eigenvalue weighted by atomic mass is 32.2. The Hall–Kier alpha value is -7.50. The Kier molecular flexibility index (Phi) is 19.4. The second kappa shape index (κ2) is 25.4. The molecule has 0 aromatic heterocycles. The minimum absolute atomic E-state index is 0.0241. The SMILES string of the molecule is Nc1c(N=Nc2ccc3c(O)c(N=Nc4ccc(N=Nc5cc(S(=O)(=O)O)ccc5SOOO)cc4SOOO)c(S(=O)(=O)O)cc3c2S(=O)(=O)O)cc(S(=O)(=O)O)c2cc(SOOO)c(N=Nc3ccc([N+](=O)[O-])cc3S(=O)(=O)O)c(O)c12. The number of nitrogens with zero attached hydrogens (tertiary/aromatic N) is 9. The molecule has 0 heterocycles. The molecular formula is C38H26N10O28S8. The zero-order valence-corrected chi connectivity index (χ0v) is 46.3. The molecule has 0 spiro atoms. The molecule has 0 bridgehead atoms. The lowest BCUT2D eigenvalue weighted by atomic mass is 10.0. The number of fused-ring (bicyclic) bond motifs is 2. The minimum Gasteiger partial charge on any atom is -0.505 e. The Labute approximate surface area is 478 Å². The van der Waals surface area contributed by atoms with Gasteiger partial charge in [0.05, 0.1) is 77.4 Å². The number of rotatable bonds is 23. The zero-order valence-electron chi connectivity index (χ0n) is 39.8. The number of phenols is 2. The molecule has 0 saturated carbocycles. The standard InChI is InChI=1S/C38H26N10O28S8/c39-33-25(14-29(81(59,60)61)20-12-28(79-76-73-55)34(37(50)32(20)33)46-42-22-6-2-16(48(51)52)10-30(22)82(62,63)64)45-43-23-7-4-18-19(38(23)84(68,69)70)13-31(83(65,66)67)35(36(18)49)47-41-21-5-1-15(9-27(21)78-75-72-54)40-44-24-11-17(80(56,57)58)3-8-26(24)77-74-71-53/h1-14,49-50,53-55H,39H2,(H,56,57,58)(H,59,60,61)(H,62,63,64)(H,65,66,67)(H,68,69,70). The first-order valence-corrected chi connectivity index (χ1v) is 30.2. The van der Waals surface area contributed by atoms with E-state index in [1.165, 1.54) is 0 Å². The van der Waals surface area contributed by atoms with Crippen molar-refractivity contribution in [2.45, 2.75) is 39.2 Å². The maximum atomic E-state index is 13.1. The molecule has 38 nitrogen and oxygen atoms in total. The number of azo groups is 4. The monoisotopic (exact) mass is 1330 g/mol. The molecule has 0 fully saturated rings. The van der Waals surface area contributed by atoms with Crippen molar-refractivity contribution in [1.29, 1.82) is 0 Å². The van der Waals surface area contributed by atoms with Crippen LogP contribution >= 0.6 is 36.1 Å². The molecule has 0 aliphatic heterocycles. The summed E-state index contributed by atoms with van der Waals surface area (Å²) in [5.41, 5.74) is -0.733. The van der Waals surface area contributed by atoms with Gasteiger partial charge in [-0.15, -0.1) is 48.8 Å². The Morgan fingerprint density at radius 3 is 1.60 bits per heavy atom. The normalized spacial score (nSPS) is 13.0. The van der Waals surface area contributed by atoms with Crippen LogP contribution in [0.25, 0.3) is 21.5 Å². The van der Waals surface area contributed by atoms with E-state index in [1.807, 2.05) is 0 Å². The van der Waals surface area contributed by atoms with Gasteiger partial charge in [0.25, 0.3) is 56.3 Å². The molecule has 84 heavy (non-hydrogen) atoms. The summed E-state index contributed by atoms with van der Waals surface area (Å²) in [5, 5.41) is 98.4. The van der Waals surface area contributed by atoms with Gasteiger partial charge in [-0.05, 0) is 72.8 Å². The molecule has 0 atom stereocenters. The molecule has 444 valence electrons. The van der Waals surface area contributed by atoms with E-state index in [0.29, 0.717) is 42.4 Å². The number of aromatic hydroxyl groups is 2. The molecule has 12 N–H and O–H groups in total. The van der Waals surface area contributed by atoms with Crippen molar-refractivity contribution in [3.63, 3.8) is 0 Å². The number of nitrogens with two attached hydrogens (primary N) is 1. The van der Waals surface area contributed by atoms with Crippen molar-refractivity contribution in [3.8, 4) is 11.5 Å². The number of phenolic OH excluding ortho intramolecular Hbond substituents is 2. The second-order valence-electron chi connectivity index (χ2n) is 15.4. The number of nitrogen functional groups attached to an aromatic ring is 1. The summed E-state index contributed by atoms with van der Waals surface area (Å²) >= 11 is 0.491. The number of hydrogen-bond donors (Lipinski definition) is 11. The van der Waals surface area contributed by atoms with E-state index in [0.717, 1.165) is 54.6 Å². The average molecular weight is 1330 g/mol. The molecule has 0 unspecified atom stereocenters. The number of benzene rings is 7. The van der Waals surface area contributed by atoms with Gasteiger partial charge in [-0.25, -0.2) is 15.8 Å². The third-order valence-corrected chi connectivity index (χ3v) is 16.8. The molecule has 7 aromatic carbocycles. The molecule has 0 aliphatic rings. The summed E-state index contributed by atoms with van der Waals surface area (Å²) < 4.78 is 189. The molecule has 7 rings (SSSR count). The maximum absolute atomic E-state index is 13.1. The van der Waals surface area contributed by atoms with Crippen molar-refractivity contribution >= 4 is 165 Å². The van der Waals surface area contributed by atoms with Gasteiger partial charge >= 0.3 is 0 Å². The lowest BCUT2D eigenvalue weighted by Gasteiger charge is -2.15. The molecular weight excluding hydrogens is 1300 g/mol. The van der Waals surface area contributed by atoms with Crippen molar-refractivity contribution < 1.29 is 124 Å². The highest BCUT2D eigenvalue weighted by molar-refractivity contribution is 7.95. The van der Waals surface area contributed by atoms with Crippen LogP contribution in [-0.2, 0) is 78.7 Å². The number of hydrogen-bond acceptors (Lipinski definition) is 35. The lowest BCUT2D eigenvalue weighted by Crippen LogP contribution is -2.03. The van der Waals surface area contributed by atoms with Crippen LogP contribution in [0, 0.1) is 10.1 Å². The topological polar surface area (TPSA) is 596 Å². The fourth-order valence-corrected chi connectivity index (χ4v) is 11.7. The van der Waals surface area contributed by atoms with Gasteiger partial charge in [0.2, 0.25) is 0 Å². The van der Waals surface area contributed by atoms with Gasteiger partial charge < -0.3 is 15.9 Å². The molecule has 0 amide bonds. The van der Waals surface area contributed by atoms with Gasteiger partial charge in [-0.2, -0.15) is 47.2 Å². The quantitative estimate of drug-likeness (QED) is 0.00539. The van der Waals surface area contributed by atoms with Gasteiger partial charge in [-0.3, -0.25) is 32.9 Å². The zero-order chi connectivity index (χ0) is 61.9. The van der Waals surface area contributed by atoms with Crippen LogP contribution in [0.3, 0.4) is 0 Å². The number of non-ortho nitro benzene ring substituents is 1. The molecule has 0 saturated heterocycles. The number of nitro groups is 1. The summed E-state index contributed by atoms with van der Waals surface area (Å²) in [6, 6.07) is 11.2. The van der Waals surface area contributed by atoms with Crippen molar-refractivity contribution in [2.75, 3.05) is 5.73 Å². The van der Waals surface area contributed by atoms with E-state index >= 15 is 0 Å². The van der Waals surface area contributed by atoms with E-state index in [9.17, 15) is 85.2 Å². The van der Waals surface area contributed by atoms with Gasteiger partial charge in [-0.1, -0.05) is 15.1 Å². The predicted octanol–water partition coefficient (Wildman–Crippen LogP) is 10.1. The van der Waals surface area contributed by atoms with E-state index in [4.69, 9.17) is 21.5 Å². The van der Waals surface area contributed by atoms with Crippen LogP contribution in [0.4, 0.5) is 56.9 Å². The Morgan fingerprint density at radius 1 is 0.452 bits per heavy atom. The number of anilines is 1. The molecule has 46 heteroatoms. The molecule has 0 radical (unpaired) electrons. The Morgan fingerprint density at radius 2 is 1.00 bits per heavy atom. The first-order valence-electron chi connectivity index (χ1n) is 20.8. The van der Waals surface area contributed by atoms with Crippen LogP contribution in [0.5, 0.6) is 11.5 Å². The first-order chi connectivity index (χ1) is 39.3. The second-order valence-corrected chi connectivity index (χ2v) is 24.6. The van der Waals surface area contributed by atoms with Gasteiger partial charge in [0, 0.05) is 28.3 Å². The first kappa shape index (κ1) is 64.1. The summed E-state index contributed by atoms with van der Waals surface area (Å²) in [6.45, 7) is 0. The third kappa shape index (κ3) is 14.5. The van der Waals surface area contributed by atoms with Crippen molar-refractivity contribution in [2.24, 2.45) is 40.9 Å². The third-order valence-electron chi connectivity index (χ3n) is 10.4. The largest absolute Gasteiger partial charge is 0.505 e. The fraction of sp³-hybridized carbons (Fsp3) is 0. The van der Waals surface area contributed by atoms with E-state index < -0.39 is 158 Å². The van der Waals surface area contributed by atoms with Gasteiger partial charge in [0.15, 0.2) is 11.5 Å². The predicted molar refractivity (Wildman–Crippen MR) is 279 cm³/mol. The lowest BCUT2D eigenvalue weighted by molar-refractivity contribution is -0.432. The van der Waals surface area contributed by atoms with Crippen molar-refractivity contribution in [3.05, 3.63) is 95.0 Å². The highest BCUT2D eigenvalue weighted by Gasteiger charge is 2.30. The van der Waals surface area contributed by atoms with Crippen LogP contribution in [-0.4, -0.2) is 95.8 Å². The maximum Gasteiger partial charge on any atom is 0.297 e. The van der Waals surface area contributed by atoms with E-state index in [2.05, 4.69) is 69.0 Å². The van der Waals surface area contributed by atoms with Gasteiger partial charge in [0.1, 0.15) is 59.4 Å². The minimum atomic E-state index is -5.70. The number of nitro benzene ring substituents is 1. The van der Waals surface area contributed by atoms with Crippen molar-refractivity contribution in [1.82, 2.24) is 0 Å². The van der Waals surface area contributed by atoms with Crippen LogP contribution in [0.1, 0.15) is 0 Å². The Balaban J connectivity index is 1.35. The van der Waals surface area contributed by atoms with E-state index in [1.54, 1.807) is 0 Å². The summed E-state index contributed by atoms with van der Waals surface area (Å²) in [4.78, 5) is 3.67. The molecule has 0 aliphatic carbocycles. The molecule has 7 aromatic rings. The highest BCUT2D eigenvalue weighted by Crippen LogP contribution is 2.51. The smallest absolute Gasteiger partial charge is 0.297 e. The summed E-state index contributed by atoms with van der Waals surface area (Å²) in [6.07, 6.45) is 0. The fourth-order valence-electron chi connectivity index (χ4n) is 7.00. The average Bonchev–Trinajstić information content (AvgIpc) is 0.933. The summed E-state index contributed by atoms with van der Waals surface area (Å²) in [5.74, 6) is -2.50. The van der Waals surface area contributed by atoms with Crippen LogP contribution in [0.2, 0.25) is 0 Å². The summed E-state index contributed by atoms with van der Waals surface area (Å²) in [7, 11) is -26.9. The van der Waals surface area contributed by atoms with E-state index in [-0.39, 0.29) is 50.9 Å². The van der Waals surface area contributed by atoms with Crippen LogP contribution < -0.4 is 5.73 Å². The van der Waals surface area contributed by atoms with Crippen LogP contribution in [0.15, 0.2) is 165 Å².